The molecule has 1 saturated heterocycles. The molecule has 0 aromatic heterocycles. The highest BCUT2D eigenvalue weighted by molar-refractivity contribution is 7.89. The molecular formula is C19H21ClN4O3S2. The molecule has 0 aliphatic carbocycles. The first kappa shape index (κ1) is 21.7. The van der Waals surface area contributed by atoms with Crippen LogP contribution >= 0.6 is 23.8 Å². The molecule has 0 unspecified atom stereocenters. The summed E-state index contributed by atoms with van der Waals surface area (Å²) in [5.74, 6) is -0.390. The molecule has 7 nitrogen and oxygen atoms in total. The number of sulfonamides is 1. The summed E-state index contributed by atoms with van der Waals surface area (Å²) in [5, 5.41) is 5.99. The quantitative estimate of drug-likeness (QED) is 0.693. The Morgan fingerprint density at radius 1 is 1.07 bits per heavy atom. The monoisotopic (exact) mass is 452 g/mol. The number of hydrogen-bond acceptors (Lipinski definition) is 5. The summed E-state index contributed by atoms with van der Waals surface area (Å²) >= 11 is 11.0. The van der Waals surface area contributed by atoms with Crippen molar-refractivity contribution in [1.82, 2.24) is 14.5 Å². The van der Waals surface area contributed by atoms with Crippen molar-refractivity contribution in [2.24, 2.45) is 0 Å². The number of thiocarbonyl (C=S) groups is 1. The summed E-state index contributed by atoms with van der Waals surface area (Å²) in [6.45, 7) is 2.36. The topological polar surface area (TPSA) is 81.8 Å². The van der Waals surface area contributed by atoms with Gasteiger partial charge in [0, 0.05) is 42.5 Å². The van der Waals surface area contributed by atoms with Crippen molar-refractivity contribution in [3.8, 4) is 0 Å². The van der Waals surface area contributed by atoms with E-state index in [1.807, 2.05) is 7.05 Å². The van der Waals surface area contributed by atoms with E-state index < -0.39 is 10.0 Å². The second-order valence-corrected chi connectivity index (χ2v) is 9.43. The lowest BCUT2D eigenvalue weighted by Crippen LogP contribution is -2.46. The lowest BCUT2D eigenvalue weighted by molar-refractivity contribution is 0.0977. The minimum Gasteiger partial charge on any atom is -0.332 e. The molecule has 0 atom stereocenters. The fourth-order valence-electron chi connectivity index (χ4n) is 2.86. The molecule has 29 heavy (non-hydrogen) atoms. The van der Waals surface area contributed by atoms with Gasteiger partial charge in [0.2, 0.25) is 10.0 Å². The van der Waals surface area contributed by atoms with E-state index in [2.05, 4.69) is 15.5 Å². The average Bonchev–Trinajstić information content (AvgIpc) is 2.68. The summed E-state index contributed by atoms with van der Waals surface area (Å²) in [6, 6.07) is 12.8. The third-order valence-electron chi connectivity index (χ3n) is 4.53. The van der Waals surface area contributed by atoms with E-state index in [0.29, 0.717) is 42.5 Å². The summed E-state index contributed by atoms with van der Waals surface area (Å²) in [5.41, 5.74) is 0.953. The van der Waals surface area contributed by atoms with Crippen molar-refractivity contribution in [2.75, 3.05) is 38.5 Å². The fraction of sp³-hybridized carbons (Fsp3) is 0.263. The third kappa shape index (κ3) is 5.52. The molecule has 0 saturated carbocycles. The molecule has 2 aromatic rings. The van der Waals surface area contributed by atoms with Gasteiger partial charge in [-0.1, -0.05) is 17.7 Å². The maximum atomic E-state index is 12.8. The van der Waals surface area contributed by atoms with E-state index in [9.17, 15) is 13.2 Å². The van der Waals surface area contributed by atoms with Crippen LogP contribution in [0.4, 0.5) is 5.69 Å². The number of amides is 1. The van der Waals surface area contributed by atoms with Gasteiger partial charge in [-0.25, -0.2) is 8.42 Å². The lowest BCUT2D eigenvalue weighted by Gasteiger charge is -2.31. The highest BCUT2D eigenvalue weighted by atomic mass is 35.5. The van der Waals surface area contributed by atoms with Gasteiger partial charge in [-0.3, -0.25) is 10.1 Å². The van der Waals surface area contributed by atoms with Crippen molar-refractivity contribution in [3.05, 3.63) is 59.1 Å². The minimum atomic E-state index is -3.53. The highest BCUT2D eigenvalue weighted by Gasteiger charge is 2.27. The summed E-state index contributed by atoms with van der Waals surface area (Å²) in [4.78, 5) is 14.5. The van der Waals surface area contributed by atoms with E-state index in [-0.39, 0.29) is 15.9 Å². The zero-order valence-electron chi connectivity index (χ0n) is 15.8. The maximum Gasteiger partial charge on any atom is 0.257 e. The van der Waals surface area contributed by atoms with Crippen LogP contribution in [0.2, 0.25) is 5.02 Å². The Morgan fingerprint density at radius 3 is 2.34 bits per heavy atom. The van der Waals surface area contributed by atoms with Crippen LogP contribution in [0.1, 0.15) is 10.4 Å². The van der Waals surface area contributed by atoms with Crippen LogP contribution < -0.4 is 10.6 Å². The molecule has 0 spiro atoms. The van der Waals surface area contributed by atoms with Crippen molar-refractivity contribution in [3.63, 3.8) is 0 Å². The van der Waals surface area contributed by atoms with Gasteiger partial charge >= 0.3 is 0 Å². The largest absolute Gasteiger partial charge is 0.332 e. The number of hydrogen-bond donors (Lipinski definition) is 2. The molecule has 10 heteroatoms. The van der Waals surface area contributed by atoms with E-state index in [1.165, 1.54) is 22.5 Å². The second kappa shape index (κ2) is 9.19. The Balaban J connectivity index is 1.61. The third-order valence-corrected chi connectivity index (χ3v) is 6.88. The highest BCUT2D eigenvalue weighted by Crippen LogP contribution is 2.19. The first-order chi connectivity index (χ1) is 13.8. The fourth-order valence-corrected chi connectivity index (χ4v) is 4.68. The Kier molecular flexibility index (Phi) is 6.86. The normalized spacial score (nSPS) is 15.7. The van der Waals surface area contributed by atoms with Gasteiger partial charge in [0.1, 0.15) is 0 Å². The van der Waals surface area contributed by atoms with Crippen LogP contribution in [0.3, 0.4) is 0 Å². The van der Waals surface area contributed by atoms with E-state index in [1.54, 1.807) is 30.3 Å². The first-order valence-electron chi connectivity index (χ1n) is 8.92. The van der Waals surface area contributed by atoms with Crippen LogP contribution in [-0.4, -0.2) is 61.9 Å². The van der Waals surface area contributed by atoms with Gasteiger partial charge < -0.3 is 10.2 Å². The molecule has 1 aliphatic heterocycles. The van der Waals surface area contributed by atoms with Crippen LogP contribution in [0.5, 0.6) is 0 Å². The first-order valence-corrected chi connectivity index (χ1v) is 11.1. The van der Waals surface area contributed by atoms with Crippen molar-refractivity contribution in [1.29, 1.82) is 0 Å². The van der Waals surface area contributed by atoms with E-state index >= 15 is 0 Å². The molecule has 1 aliphatic rings. The number of anilines is 1. The van der Waals surface area contributed by atoms with Crippen LogP contribution in [0, 0.1) is 0 Å². The molecule has 2 N–H and O–H groups in total. The van der Waals surface area contributed by atoms with Gasteiger partial charge in [-0.15, -0.1) is 0 Å². The zero-order valence-corrected chi connectivity index (χ0v) is 18.1. The average molecular weight is 453 g/mol. The van der Waals surface area contributed by atoms with Crippen LogP contribution in [0.15, 0.2) is 53.4 Å². The molecule has 1 amide bonds. The Labute approximate surface area is 180 Å². The van der Waals surface area contributed by atoms with E-state index in [4.69, 9.17) is 23.8 Å². The van der Waals surface area contributed by atoms with Crippen LogP contribution in [0.25, 0.3) is 0 Å². The molecule has 154 valence electrons. The van der Waals surface area contributed by atoms with Gasteiger partial charge in [0.05, 0.1) is 4.90 Å². The van der Waals surface area contributed by atoms with Gasteiger partial charge in [-0.2, -0.15) is 4.31 Å². The summed E-state index contributed by atoms with van der Waals surface area (Å²) < 4.78 is 27.0. The molecule has 0 bridgehead atoms. The van der Waals surface area contributed by atoms with Crippen molar-refractivity contribution in [2.45, 2.75) is 4.90 Å². The standard InChI is InChI=1S/C19H21ClN4O3S2/c1-23-9-11-24(12-10-23)29(26,27)17-7-5-16(6-8-17)21-19(28)22-18(25)14-3-2-4-15(20)13-14/h2-8,13H,9-12H2,1H3,(H2,21,22,25,28). The number of rotatable bonds is 4. The Morgan fingerprint density at radius 2 is 1.72 bits per heavy atom. The predicted octanol–water partition coefficient (Wildman–Crippen LogP) is 2.40. The molecule has 3 rings (SSSR count). The minimum absolute atomic E-state index is 0.102. The number of piperazine rings is 1. The van der Waals surface area contributed by atoms with Gasteiger partial charge in [0.25, 0.3) is 5.91 Å². The lowest BCUT2D eigenvalue weighted by atomic mass is 10.2. The molecule has 0 radical (unpaired) electrons. The smallest absolute Gasteiger partial charge is 0.257 e. The van der Waals surface area contributed by atoms with Crippen LogP contribution in [-0.2, 0) is 10.0 Å². The molecule has 2 aromatic carbocycles. The number of carbonyl (C=O) groups is 1. The predicted molar refractivity (Wildman–Crippen MR) is 118 cm³/mol. The van der Waals surface area contributed by atoms with Crippen molar-refractivity contribution < 1.29 is 13.2 Å². The molecular weight excluding hydrogens is 432 g/mol. The summed E-state index contributed by atoms with van der Waals surface area (Å²) in [7, 11) is -1.56. The van der Waals surface area contributed by atoms with Gasteiger partial charge in [-0.05, 0) is 61.7 Å². The Hall–Kier alpha value is -2.04. The zero-order chi connectivity index (χ0) is 21.0. The number of carbonyl (C=O) groups excluding carboxylic acids is 1. The second-order valence-electron chi connectivity index (χ2n) is 6.65. The number of likely N-dealkylation sites (N-methyl/N-ethyl adjacent to an activating group) is 1. The van der Waals surface area contributed by atoms with Gasteiger partial charge in [0.15, 0.2) is 5.11 Å². The summed E-state index contributed by atoms with van der Waals surface area (Å²) in [6.07, 6.45) is 0. The molecule has 1 heterocycles. The SMILES string of the molecule is CN1CCN(S(=O)(=O)c2ccc(NC(=S)NC(=O)c3cccc(Cl)c3)cc2)CC1. The maximum absolute atomic E-state index is 12.8. The number of nitrogens with zero attached hydrogens (tertiary/aromatic N) is 2. The molecule has 1 fully saturated rings. The van der Waals surface area contributed by atoms with Crippen molar-refractivity contribution >= 4 is 50.5 Å². The number of halogens is 1. The Bertz CT molecular complexity index is 1000. The number of nitrogens with one attached hydrogen (secondary N) is 2. The van der Waals surface area contributed by atoms with E-state index in [0.717, 1.165) is 0 Å². The number of benzene rings is 2.